The fraction of sp³-hybridized carbons (Fsp3) is 0.625. The summed E-state index contributed by atoms with van der Waals surface area (Å²) < 4.78 is 0. The predicted molar refractivity (Wildman–Crippen MR) is 89.9 cm³/mol. The number of benzene rings is 1. The number of hydrogen-bond donors (Lipinski definition) is 1. The fourth-order valence-corrected chi connectivity index (χ4v) is 2.78. The van der Waals surface area contributed by atoms with Crippen LogP contribution in [0.4, 0.5) is 0 Å². The SMILES string of the molecule is CCCCCN(C)CCC(NC)c1cccc(Cl)c1Cl. The molecule has 0 aliphatic heterocycles. The van der Waals surface area contributed by atoms with Crippen LogP contribution in [-0.4, -0.2) is 32.1 Å². The lowest BCUT2D eigenvalue weighted by molar-refractivity contribution is 0.304. The van der Waals surface area contributed by atoms with E-state index in [2.05, 4.69) is 24.2 Å². The van der Waals surface area contributed by atoms with E-state index in [-0.39, 0.29) is 6.04 Å². The van der Waals surface area contributed by atoms with Gasteiger partial charge in [-0.15, -0.1) is 0 Å². The van der Waals surface area contributed by atoms with Crippen LogP contribution in [0, 0.1) is 0 Å². The number of rotatable bonds is 9. The zero-order valence-corrected chi connectivity index (χ0v) is 14.3. The molecule has 0 heterocycles. The van der Waals surface area contributed by atoms with Gasteiger partial charge in [-0.05, 0) is 51.7 Å². The number of nitrogens with zero attached hydrogens (tertiary/aromatic N) is 1. The number of halogens is 2. The van der Waals surface area contributed by atoms with Crippen LogP contribution in [0.1, 0.15) is 44.2 Å². The summed E-state index contributed by atoms with van der Waals surface area (Å²) in [6.45, 7) is 4.45. The Morgan fingerprint density at radius 3 is 2.60 bits per heavy atom. The first-order chi connectivity index (χ1) is 9.60. The van der Waals surface area contributed by atoms with E-state index in [0.717, 1.165) is 25.1 Å². The molecule has 0 fully saturated rings. The lowest BCUT2D eigenvalue weighted by atomic mass is 10.0. The van der Waals surface area contributed by atoms with Crippen molar-refractivity contribution in [1.82, 2.24) is 10.2 Å². The number of nitrogens with one attached hydrogen (secondary N) is 1. The molecule has 0 radical (unpaired) electrons. The van der Waals surface area contributed by atoms with Crippen LogP contribution in [0.25, 0.3) is 0 Å². The van der Waals surface area contributed by atoms with E-state index in [9.17, 15) is 0 Å². The Hall–Kier alpha value is -0.280. The first-order valence-corrected chi connectivity index (χ1v) is 8.15. The molecule has 1 unspecified atom stereocenters. The second-order valence-electron chi connectivity index (χ2n) is 5.28. The Labute approximate surface area is 133 Å². The molecule has 0 saturated carbocycles. The number of hydrogen-bond acceptors (Lipinski definition) is 2. The van der Waals surface area contributed by atoms with Crippen molar-refractivity contribution in [2.75, 3.05) is 27.2 Å². The van der Waals surface area contributed by atoms with Gasteiger partial charge in [-0.3, -0.25) is 0 Å². The molecule has 0 bridgehead atoms. The van der Waals surface area contributed by atoms with Crippen molar-refractivity contribution in [3.63, 3.8) is 0 Å². The minimum absolute atomic E-state index is 0.245. The maximum Gasteiger partial charge on any atom is 0.0640 e. The van der Waals surface area contributed by atoms with Crippen LogP contribution in [0.5, 0.6) is 0 Å². The molecule has 1 rings (SSSR count). The van der Waals surface area contributed by atoms with Crippen molar-refractivity contribution < 1.29 is 0 Å². The molecule has 0 amide bonds. The average Bonchev–Trinajstić information content (AvgIpc) is 2.44. The summed E-state index contributed by atoms with van der Waals surface area (Å²) in [5.41, 5.74) is 1.09. The zero-order valence-electron chi connectivity index (χ0n) is 12.8. The zero-order chi connectivity index (χ0) is 15.0. The monoisotopic (exact) mass is 316 g/mol. The summed E-state index contributed by atoms with van der Waals surface area (Å²) in [7, 11) is 4.15. The van der Waals surface area contributed by atoms with Crippen molar-refractivity contribution in [1.29, 1.82) is 0 Å². The van der Waals surface area contributed by atoms with E-state index in [1.807, 2.05) is 25.2 Å². The maximum atomic E-state index is 6.30. The maximum absolute atomic E-state index is 6.30. The van der Waals surface area contributed by atoms with Crippen molar-refractivity contribution in [2.24, 2.45) is 0 Å². The molecule has 4 heteroatoms. The molecule has 0 aromatic heterocycles. The van der Waals surface area contributed by atoms with E-state index in [1.54, 1.807) is 0 Å². The number of unbranched alkanes of at least 4 members (excludes halogenated alkanes) is 2. The van der Waals surface area contributed by atoms with E-state index >= 15 is 0 Å². The smallest absolute Gasteiger partial charge is 0.0640 e. The predicted octanol–water partition coefficient (Wildman–Crippen LogP) is 4.77. The van der Waals surface area contributed by atoms with Crippen molar-refractivity contribution in [3.8, 4) is 0 Å². The van der Waals surface area contributed by atoms with Gasteiger partial charge in [0.2, 0.25) is 0 Å². The highest BCUT2D eigenvalue weighted by Gasteiger charge is 2.15. The molecule has 1 atom stereocenters. The van der Waals surface area contributed by atoms with Gasteiger partial charge >= 0.3 is 0 Å². The Kier molecular flexibility index (Phi) is 8.55. The Morgan fingerprint density at radius 1 is 1.20 bits per heavy atom. The largest absolute Gasteiger partial charge is 0.313 e. The van der Waals surface area contributed by atoms with Crippen molar-refractivity contribution in [3.05, 3.63) is 33.8 Å². The molecule has 1 aromatic rings. The standard InChI is InChI=1S/C16H26Cl2N2/c1-4-5-6-11-20(3)12-10-15(19-2)13-8-7-9-14(17)16(13)18/h7-9,15,19H,4-6,10-12H2,1-3H3. The van der Waals surface area contributed by atoms with E-state index in [1.165, 1.54) is 19.3 Å². The van der Waals surface area contributed by atoms with Gasteiger partial charge in [-0.2, -0.15) is 0 Å². The molecule has 0 aliphatic rings. The fourth-order valence-electron chi connectivity index (χ4n) is 2.34. The average molecular weight is 317 g/mol. The van der Waals surface area contributed by atoms with Gasteiger partial charge in [0.1, 0.15) is 0 Å². The van der Waals surface area contributed by atoms with Gasteiger partial charge in [0.05, 0.1) is 10.0 Å². The Bertz CT molecular complexity index is 396. The second-order valence-corrected chi connectivity index (χ2v) is 6.07. The van der Waals surface area contributed by atoms with Gasteiger partial charge in [0.25, 0.3) is 0 Å². The molecular weight excluding hydrogens is 291 g/mol. The first kappa shape index (κ1) is 17.8. The van der Waals surface area contributed by atoms with Crippen molar-refractivity contribution >= 4 is 23.2 Å². The molecule has 0 saturated heterocycles. The Morgan fingerprint density at radius 2 is 1.95 bits per heavy atom. The highest BCUT2D eigenvalue weighted by molar-refractivity contribution is 6.42. The summed E-state index contributed by atoms with van der Waals surface area (Å²) in [5, 5.41) is 4.63. The third-order valence-electron chi connectivity index (χ3n) is 3.65. The van der Waals surface area contributed by atoms with Crippen LogP contribution < -0.4 is 5.32 Å². The molecule has 0 spiro atoms. The van der Waals surface area contributed by atoms with Crippen molar-refractivity contribution in [2.45, 2.75) is 38.6 Å². The lowest BCUT2D eigenvalue weighted by Crippen LogP contribution is -2.26. The highest BCUT2D eigenvalue weighted by atomic mass is 35.5. The van der Waals surface area contributed by atoms with Crippen LogP contribution in [0.3, 0.4) is 0 Å². The molecular formula is C16H26Cl2N2. The van der Waals surface area contributed by atoms with E-state index < -0.39 is 0 Å². The van der Waals surface area contributed by atoms with Gasteiger partial charge in [0.15, 0.2) is 0 Å². The van der Waals surface area contributed by atoms with E-state index in [0.29, 0.717) is 10.0 Å². The summed E-state index contributed by atoms with van der Waals surface area (Å²) in [5.74, 6) is 0. The Balaban J connectivity index is 2.53. The van der Waals surface area contributed by atoms with Crippen LogP contribution >= 0.6 is 23.2 Å². The molecule has 1 aromatic carbocycles. The topological polar surface area (TPSA) is 15.3 Å². The first-order valence-electron chi connectivity index (χ1n) is 7.39. The summed E-state index contributed by atoms with van der Waals surface area (Å²) in [4.78, 5) is 2.39. The quantitative estimate of drug-likeness (QED) is 0.660. The summed E-state index contributed by atoms with van der Waals surface area (Å²) in [6.07, 6.45) is 4.87. The lowest BCUT2D eigenvalue weighted by Gasteiger charge is -2.22. The molecule has 0 aliphatic carbocycles. The summed E-state index contributed by atoms with van der Waals surface area (Å²) in [6, 6.07) is 6.08. The second kappa shape index (κ2) is 9.62. The van der Waals surface area contributed by atoms with Gasteiger partial charge in [-0.25, -0.2) is 0 Å². The highest BCUT2D eigenvalue weighted by Crippen LogP contribution is 2.31. The third kappa shape index (κ3) is 5.61. The third-order valence-corrected chi connectivity index (χ3v) is 4.48. The minimum atomic E-state index is 0.245. The van der Waals surface area contributed by atoms with Gasteiger partial charge < -0.3 is 10.2 Å². The van der Waals surface area contributed by atoms with Crippen LogP contribution in [0.2, 0.25) is 10.0 Å². The normalized spacial score (nSPS) is 12.9. The van der Waals surface area contributed by atoms with E-state index in [4.69, 9.17) is 23.2 Å². The molecule has 2 nitrogen and oxygen atoms in total. The van der Waals surface area contributed by atoms with Gasteiger partial charge in [0, 0.05) is 6.04 Å². The molecule has 1 N–H and O–H groups in total. The van der Waals surface area contributed by atoms with Crippen LogP contribution in [0.15, 0.2) is 18.2 Å². The minimum Gasteiger partial charge on any atom is -0.313 e. The van der Waals surface area contributed by atoms with Crippen LogP contribution in [-0.2, 0) is 0 Å². The summed E-state index contributed by atoms with van der Waals surface area (Å²) >= 11 is 12.4. The van der Waals surface area contributed by atoms with Gasteiger partial charge in [-0.1, -0.05) is 55.1 Å². The molecule has 114 valence electrons. The molecule has 20 heavy (non-hydrogen) atoms.